The van der Waals surface area contributed by atoms with E-state index in [2.05, 4.69) is 25.9 Å². The van der Waals surface area contributed by atoms with Gasteiger partial charge in [-0.05, 0) is 6.92 Å². The van der Waals surface area contributed by atoms with Crippen LogP contribution in [-0.2, 0) is 12.3 Å². The van der Waals surface area contributed by atoms with E-state index in [0.717, 1.165) is 11.4 Å². The topological polar surface area (TPSA) is 37.8 Å². The largest absolute Gasteiger partial charge is 0.299 e. The van der Waals surface area contributed by atoms with Crippen LogP contribution in [0.15, 0.2) is 10.9 Å². The monoisotopic (exact) mass is 214 g/mol. The molecule has 0 spiro atoms. The second kappa shape index (κ2) is 4.26. The molecule has 4 heteroatoms. The quantitative estimate of drug-likeness (QED) is 0.838. The van der Waals surface area contributed by atoms with E-state index in [0.29, 0.717) is 6.54 Å². The summed E-state index contributed by atoms with van der Waals surface area (Å²) in [6.45, 7) is 9.18. The predicted octanol–water partition coefficient (Wildman–Crippen LogP) is 2.23. The zero-order valence-corrected chi connectivity index (χ0v) is 10.1. The molecule has 1 heterocycles. The summed E-state index contributed by atoms with van der Waals surface area (Å²) in [5, 5.41) is 3.09. The van der Waals surface area contributed by atoms with Gasteiger partial charge in [0.25, 0.3) is 5.56 Å². The third-order valence-corrected chi connectivity index (χ3v) is 3.14. The first-order valence-corrected chi connectivity index (χ1v) is 5.83. The smallest absolute Gasteiger partial charge is 0.266 e. The van der Waals surface area contributed by atoms with Gasteiger partial charge in [-0.3, -0.25) is 14.6 Å². The summed E-state index contributed by atoms with van der Waals surface area (Å²) in [6.07, 6.45) is 0. The number of nitrogens with zero attached hydrogens (tertiary/aromatic N) is 1. The van der Waals surface area contributed by atoms with E-state index in [-0.39, 0.29) is 10.3 Å². The van der Waals surface area contributed by atoms with E-state index < -0.39 is 0 Å². The number of thioether (sulfide) groups is 1. The first kappa shape index (κ1) is 11.4. The fourth-order valence-corrected chi connectivity index (χ4v) is 1.83. The van der Waals surface area contributed by atoms with E-state index in [1.165, 1.54) is 0 Å². The standard InChI is InChI=1S/C10H18N2OS/c1-5-12-9(13)6-8(11-12)7-14-10(2,3)4/h6,11H,5,7H2,1-4H3. The zero-order chi connectivity index (χ0) is 10.8. The molecule has 0 bridgehead atoms. The summed E-state index contributed by atoms with van der Waals surface area (Å²) in [6, 6.07) is 1.68. The Hall–Kier alpha value is -0.640. The van der Waals surface area contributed by atoms with Crippen molar-refractivity contribution in [2.24, 2.45) is 0 Å². The van der Waals surface area contributed by atoms with Gasteiger partial charge >= 0.3 is 0 Å². The van der Waals surface area contributed by atoms with Crippen LogP contribution in [0.25, 0.3) is 0 Å². The first-order valence-electron chi connectivity index (χ1n) is 4.85. The van der Waals surface area contributed by atoms with Crippen LogP contribution in [0, 0.1) is 0 Å². The van der Waals surface area contributed by atoms with Gasteiger partial charge in [0.05, 0.1) is 0 Å². The first-order chi connectivity index (χ1) is 6.42. The van der Waals surface area contributed by atoms with Gasteiger partial charge in [-0.15, -0.1) is 11.8 Å². The van der Waals surface area contributed by atoms with Crippen LogP contribution in [0.1, 0.15) is 33.4 Å². The van der Waals surface area contributed by atoms with Crippen LogP contribution in [0.3, 0.4) is 0 Å². The number of aromatic nitrogens is 2. The summed E-state index contributed by atoms with van der Waals surface area (Å²) in [7, 11) is 0. The number of H-pyrrole nitrogens is 1. The molecule has 3 nitrogen and oxygen atoms in total. The highest BCUT2D eigenvalue weighted by Crippen LogP contribution is 2.25. The number of hydrogen-bond acceptors (Lipinski definition) is 2. The summed E-state index contributed by atoms with van der Waals surface area (Å²) in [5.74, 6) is 0.867. The van der Waals surface area contributed by atoms with E-state index in [1.807, 2.05) is 18.7 Å². The van der Waals surface area contributed by atoms with Gasteiger partial charge in [-0.1, -0.05) is 20.8 Å². The molecular weight excluding hydrogens is 196 g/mol. The molecule has 1 rings (SSSR count). The Kier molecular flexibility index (Phi) is 3.48. The molecule has 0 atom stereocenters. The van der Waals surface area contributed by atoms with E-state index in [9.17, 15) is 4.79 Å². The van der Waals surface area contributed by atoms with Gasteiger partial charge in [0, 0.05) is 28.8 Å². The van der Waals surface area contributed by atoms with Gasteiger partial charge in [-0.2, -0.15) is 0 Å². The lowest BCUT2D eigenvalue weighted by Crippen LogP contribution is -2.13. The molecule has 1 aromatic rings. The third kappa shape index (κ3) is 3.25. The average Bonchev–Trinajstić information content (AvgIpc) is 2.42. The lowest BCUT2D eigenvalue weighted by atomic mass is 10.3. The highest BCUT2D eigenvalue weighted by molar-refractivity contribution is 7.99. The second-order valence-electron chi connectivity index (χ2n) is 4.26. The number of aromatic amines is 1. The molecular formula is C10H18N2OS. The highest BCUT2D eigenvalue weighted by Gasteiger charge is 2.11. The van der Waals surface area contributed by atoms with Crippen LogP contribution in [-0.4, -0.2) is 14.5 Å². The highest BCUT2D eigenvalue weighted by atomic mass is 32.2. The molecule has 0 saturated carbocycles. The zero-order valence-electron chi connectivity index (χ0n) is 9.26. The SMILES string of the molecule is CCn1[nH]c(CSC(C)(C)C)cc1=O. The lowest BCUT2D eigenvalue weighted by Gasteiger charge is -2.16. The fourth-order valence-electron chi connectivity index (χ4n) is 1.09. The van der Waals surface area contributed by atoms with Crippen LogP contribution in [0.4, 0.5) is 0 Å². The second-order valence-corrected chi connectivity index (χ2v) is 6.07. The van der Waals surface area contributed by atoms with Crippen molar-refractivity contribution in [3.63, 3.8) is 0 Å². The molecule has 1 aromatic heterocycles. The summed E-state index contributed by atoms with van der Waals surface area (Å²) >= 11 is 1.84. The van der Waals surface area contributed by atoms with E-state index in [1.54, 1.807) is 10.7 Å². The minimum absolute atomic E-state index is 0.0667. The van der Waals surface area contributed by atoms with Crippen molar-refractivity contribution in [3.8, 4) is 0 Å². The van der Waals surface area contributed by atoms with Crippen molar-refractivity contribution in [1.82, 2.24) is 9.78 Å². The maximum absolute atomic E-state index is 11.3. The van der Waals surface area contributed by atoms with Gasteiger partial charge in [0.2, 0.25) is 0 Å². The van der Waals surface area contributed by atoms with Crippen LogP contribution >= 0.6 is 11.8 Å². The number of aryl methyl sites for hydroxylation is 1. The molecule has 1 N–H and O–H groups in total. The minimum atomic E-state index is 0.0667. The molecule has 80 valence electrons. The Morgan fingerprint density at radius 3 is 2.57 bits per heavy atom. The fraction of sp³-hybridized carbons (Fsp3) is 0.700. The molecule has 0 aliphatic heterocycles. The van der Waals surface area contributed by atoms with Crippen molar-refractivity contribution in [3.05, 3.63) is 22.1 Å². The molecule has 0 radical (unpaired) electrons. The predicted molar refractivity (Wildman–Crippen MR) is 61.8 cm³/mol. The molecule has 0 fully saturated rings. The lowest BCUT2D eigenvalue weighted by molar-refractivity contribution is 0.632. The Labute approximate surface area is 88.9 Å². The Morgan fingerprint density at radius 1 is 1.50 bits per heavy atom. The maximum Gasteiger partial charge on any atom is 0.266 e. The molecule has 0 aliphatic rings. The van der Waals surface area contributed by atoms with Gasteiger partial charge in [0.1, 0.15) is 0 Å². The summed E-state index contributed by atoms with van der Waals surface area (Å²) in [4.78, 5) is 11.3. The molecule has 0 amide bonds. The number of rotatable bonds is 3. The summed E-state index contributed by atoms with van der Waals surface area (Å²) in [5.41, 5.74) is 1.08. The van der Waals surface area contributed by atoms with Gasteiger partial charge in [0.15, 0.2) is 0 Å². The van der Waals surface area contributed by atoms with Crippen molar-refractivity contribution >= 4 is 11.8 Å². The molecule has 14 heavy (non-hydrogen) atoms. The van der Waals surface area contributed by atoms with Crippen LogP contribution < -0.4 is 5.56 Å². The van der Waals surface area contributed by atoms with E-state index >= 15 is 0 Å². The molecule has 0 aliphatic carbocycles. The van der Waals surface area contributed by atoms with Crippen LogP contribution in [0.5, 0.6) is 0 Å². The number of hydrogen-bond donors (Lipinski definition) is 1. The number of nitrogens with one attached hydrogen (secondary N) is 1. The summed E-state index contributed by atoms with van der Waals surface area (Å²) < 4.78 is 1.86. The average molecular weight is 214 g/mol. The van der Waals surface area contributed by atoms with Crippen molar-refractivity contribution in [2.45, 2.75) is 44.7 Å². The molecule has 0 unspecified atom stereocenters. The molecule has 0 aromatic carbocycles. The molecule has 0 saturated heterocycles. The van der Waals surface area contributed by atoms with Gasteiger partial charge in [-0.25, -0.2) is 0 Å². The normalized spacial score (nSPS) is 12.0. The third-order valence-electron chi connectivity index (χ3n) is 1.82. The Morgan fingerprint density at radius 2 is 2.14 bits per heavy atom. The Bertz CT molecular complexity index is 346. The van der Waals surface area contributed by atoms with E-state index in [4.69, 9.17) is 0 Å². The Balaban J connectivity index is 2.65. The van der Waals surface area contributed by atoms with Crippen molar-refractivity contribution in [2.75, 3.05) is 0 Å². The van der Waals surface area contributed by atoms with Gasteiger partial charge < -0.3 is 0 Å². The van der Waals surface area contributed by atoms with Crippen LogP contribution in [0.2, 0.25) is 0 Å². The maximum atomic E-state index is 11.3. The minimum Gasteiger partial charge on any atom is -0.299 e. The van der Waals surface area contributed by atoms with Crippen molar-refractivity contribution < 1.29 is 0 Å². The van der Waals surface area contributed by atoms with Crippen molar-refractivity contribution in [1.29, 1.82) is 0 Å².